The lowest BCUT2D eigenvalue weighted by atomic mass is 10.1. The van der Waals surface area contributed by atoms with E-state index in [9.17, 15) is 0 Å². The van der Waals surface area contributed by atoms with Gasteiger partial charge in [0.25, 0.3) is 5.89 Å². The Kier molecular flexibility index (Phi) is 4.99. The predicted molar refractivity (Wildman–Crippen MR) is 90.3 cm³/mol. The van der Waals surface area contributed by atoms with Crippen molar-refractivity contribution in [1.29, 1.82) is 0 Å². The molecule has 0 amide bonds. The zero-order valence-corrected chi connectivity index (χ0v) is 13.9. The molecule has 3 aromatic rings. The van der Waals surface area contributed by atoms with E-state index < -0.39 is 5.54 Å². The Bertz CT molecular complexity index is 834. The minimum absolute atomic E-state index is 0.255. The van der Waals surface area contributed by atoms with Crippen LogP contribution in [0, 0.1) is 11.8 Å². The summed E-state index contributed by atoms with van der Waals surface area (Å²) in [5.41, 5.74) is 0.210. The topological polar surface area (TPSA) is 64.1 Å². The van der Waals surface area contributed by atoms with Gasteiger partial charge in [-0.1, -0.05) is 29.2 Å². The molecule has 0 aliphatic heterocycles. The summed E-state index contributed by atoms with van der Waals surface area (Å²) in [5.74, 6) is 7.56. The standard InChI is InChI=1S/C18H16ClN3O2/c1-18(13-19,20-12-15-8-5-11-23-15)17-22-21-16(24-17)10-9-14-6-3-2-4-7-14/h2-8,11,20H,12-13H2,1H3. The maximum atomic E-state index is 6.11. The molecule has 0 saturated carbocycles. The van der Waals surface area contributed by atoms with Gasteiger partial charge in [0, 0.05) is 11.4 Å². The van der Waals surface area contributed by atoms with Gasteiger partial charge in [-0.25, -0.2) is 0 Å². The van der Waals surface area contributed by atoms with E-state index in [2.05, 4.69) is 27.4 Å². The monoisotopic (exact) mass is 341 g/mol. The number of nitrogens with zero attached hydrogens (tertiary/aromatic N) is 2. The molecule has 3 rings (SSSR count). The SMILES string of the molecule is CC(CCl)(NCc1ccco1)c1nnc(C#Cc2ccccc2)o1. The lowest BCUT2D eigenvalue weighted by Gasteiger charge is -2.23. The predicted octanol–water partition coefficient (Wildman–Crippen LogP) is 3.31. The van der Waals surface area contributed by atoms with Gasteiger partial charge in [0.2, 0.25) is 5.89 Å². The molecule has 1 N–H and O–H groups in total. The molecule has 2 heterocycles. The van der Waals surface area contributed by atoms with Crippen LogP contribution in [-0.2, 0) is 12.1 Å². The summed E-state index contributed by atoms with van der Waals surface area (Å²) < 4.78 is 11.0. The van der Waals surface area contributed by atoms with E-state index in [0.29, 0.717) is 12.4 Å². The fourth-order valence-corrected chi connectivity index (χ4v) is 2.23. The Balaban J connectivity index is 1.73. The Morgan fingerprint density at radius 3 is 2.67 bits per heavy atom. The summed E-state index contributed by atoms with van der Waals surface area (Å²) in [7, 11) is 0. The van der Waals surface area contributed by atoms with Crippen molar-refractivity contribution in [2.45, 2.75) is 19.0 Å². The first-order valence-electron chi connectivity index (χ1n) is 7.44. The minimum atomic E-state index is -0.673. The highest BCUT2D eigenvalue weighted by atomic mass is 35.5. The van der Waals surface area contributed by atoms with Crippen LogP contribution < -0.4 is 5.32 Å². The van der Waals surface area contributed by atoms with Crippen molar-refractivity contribution >= 4 is 11.6 Å². The molecular formula is C18H16ClN3O2. The molecule has 1 unspecified atom stereocenters. The normalized spacial score (nSPS) is 13.1. The first-order chi connectivity index (χ1) is 11.7. The van der Waals surface area contributed by atoms with Crippen LogP contribution in [0.2, 0.25) is 0 Å². The molecule has 6 heteroatoms. The van der Waals surface area contributed by atoms with Crippen molar-refractivity contribution < 1.29 is 8.83 Å². The Morgan fingerprint density at radius 2 is 1.96 bits per heavy atom. The second-order valence-corrected chi connectivity index (χ2v) is 5.69. The van der Waals surface area contributed by atoms with Crippen LogP contribution in [0.1, 0.15) is 30.0 Å². The number of hydrogen-bond acceptors (Lipinski definition) is 5. The molecule has 122 valence electrons. The molecule has 5 nitrogen and oxygen atoms in total. The molecule has 0 saturated heterocycles. The third-order valence-electron chi connectivity index (χ3n) is 3.48. The maximum absolute atomic E-state index is 6.11. The quantitative estimate of drug-likeness (QED) is 0.570. The van der Waals surface area contributed by atoms with Crippen LogP contribution in [0.25, 0.3) is 0 Å². The van der Waals surface area contributed by atoms with Crippen molar-refractivity contribution in [1.82, 2.24) is 15.5 Å². The number of halogens is 1. The van der Waals surface area contributed by atoms with Gasteiger partial charge in [-0.05, 0) is 37.1 Å². The van der Waals surface area contributed by atoms with Crippen molar-refractivity contribution in [2.24, 2.45) is 0 Å². The molecule has 2 aromatic heterocycles. The summed E-state index contributed by atoms with van der Waals surface area (Å²) >= 11 is 6.11. The van der Waals surface area contributed by atoms with Crippen molar-refractivity contribution in [2.75, 3.05) is 5.88 Å². The molecule has 0 aliphatic rings. The average molecular weight is 342 g/mol. The minimum Gasteiger partial charge on any atom is -0.468 e. The number of rotatable bonds is 5. The summed E-state index contributed by atoms with van der Waals surface area (Å²) in [6, 6.07) is 13.3. The van der Waals surface area contributed by atoms with Gasteiger partial charge < -0.3 is 8.83 Å². The number of nitrogens with one attached hydrogen (secondary N) is 1. The van der Waals surface area contributed by atoms with Gasteiger partial charge in [0.15, 0.2) is 0 Å². The van der Waals surface area contributed by atoms with Gasteiger partial charge in [0.1, 0.15) is 11.3 Å². The second-order valence-electron chi connectivity index (χ2n) is 5.43. The zero-order valence-electron chi connectivity index (χ0n) is 13.1. The van der Waals surface area contributed by atoms with E-state index in [1.54, 1.807) is 6.26 Å². The van der Waals surface area contributed by atoms with Crippen LogP contribution in [0.15, 0.2) is 57.6 Å². The summed E-state index contributed by atoms with van der Waals surface area (Å²) in [6.45, 7) is 2.40. The third-order valence-corrected chi connectivity index (χ3v) is 4.02. The molecule has 0 aliphatic carbocycles. The van der Waals surface area contributed by atoms with Crippen molar-refractivity contribution in [3.05, 3.63) is 71.8 Å². The van der Waals surface area contributed by atoms with E-state index in [0.717, 1.165) is 11.3 Å². The van der Waals surface area contributed by atoms with Gasteiger partial charge in [-0.15, -0.1) is 16.7 Å². The highest BCUT2D eigenvalue weighted by Gasteiger charge is 2.31. The van der Waals surface area contributed by atoms with E-state index in [-0.39, 0.29) is 11.8 Å². The molecule has 1 atom stereocenters. The summed E-state index contributed by atoms with van der Waals surface area (Å²) in [6.07, 6.45) is 1.62. The molecule has 1 aromatic carbocycles. The maximum Gasteiger partial charge on any atom is 0.294 e. The van der Waals surface area contributed by atoms with E-state index in [1.807, 2.05) is 49.4 Å². The van der Waals surface area contributed by atoms with Crippen LogP contribution in [0.3, 0.4) is 0 Å². The molecule has 0 radical (unpaired) electrons. The summed E-state index contributed by atoms with van der Waals surface area (Å²) in [5, 5.41) is 11.3. The highest BCUT2D eigenvalue weighted by Crippen LogP contribution is 2.22. The van der Waals surface area contributed by atoms with Gasteiger partial charge in [-0.3, -0.25) is 5.32 Å². The van der Waals surface area contributed by atoms with Crippen LogP contribution in [-0.4, -0.2) is 16.1 Å². The van der Waals surface area contributed by atoms with Crippen LogP contribution in [0.5, 0.6) is 0 Å². The molecule has 0 bridgehead atoms. The molecule has 0 spiro atoms. The zero-order chi connectivity index (χ0) is 16.8. The van der Waals surface area contributed by atoms with Crippen molar-refractivity contribution in [3.8, 4) is 11.8 Å². The smallest absolute Gasteiger partial charge is 0.294 e. The fourth-order valence-electron chi connectivity index (χ4n) is 2.02. The number of furan rings is 1. The molecule has 24 heavy (non-hydrogen) atoms. The third kappa shape index (κ3) is 3.85. The van der Waals surface area contributed by atoms with Gasteiger partial charge in [-0.2, -0.15) is 0 Å². The number of aromatic nitrogens is 2. The first-order valence-corrected chi connectivity index (χ1v) is 7.97. The Hall–Kier alpha value is -2.55. The van der Waals surface area contributed by atoms with Gasteiger partial charge in [0.05, 0.1) is 12.8 Å². The highest BCUT2D eigenvalue weighted by molar-refractivity contribution is 6.18. The number of benzene rings is 1. The molecule has 0 fully saturated rings. The number of hydrogen-bond donors (Lipinski definition) is 1. The summed E-state index contributed by atoms with van der Waals surface area (Å²) in [4.78, 5) is 0. The average Bonchev–Trinajstić information content (AvgIpc) is 3.31. The van der Waals surface area contributed by atoms with Crippen molar-refractivity contribution in [3.63, 3.8) is 0 Å². The largest absolute Gasteiger partial charge is 0.468 e. The Morgan fingerprint density at radius 1 is 1.12 bits per heavy atom. The fraction of sp³-hybridized carbons (Fsp3) is 0.222. The lowest BCUT2D eigenvalue weighted by molar-refractivity contribution is 0.297. The van der Waals surface area contributed by atoms with Crippen LogP contribution in [0.4, 0.5) is 0 Å². The van der Waals surface area contributed by atoms with Crippen LogP contribution >= 0.6 is 11.6 Å². The number of alkyl halides is 1. The van der Waals surface area contributed by atoms with E-state index in [1.165, 1.54) is 0 Å². The Labute approximate surface area is 145 Å². The van der Waals surface area contributed by atoms with E-state index >= 15 is 0 Å². The van der Waals surface area contributed by atoms with E-state index in [4.69, 9.17) is 20.4 Å². The first kappa shape index (κ1) is 16.3. The molecular weight excluding hydrogens is 326 g/mol. The second kappa shape index (κ2) is 7.35. The lowest BCUT2D eigenvalue weighted by Crippen LogP contribution is -2.41. The van der Waals surface area contributed by atoms with Gasteiger partial charge >= 0.3 is 0 Å².